The lowest BCUT2D eigenvalue weighted by atomic mass is 10.0. The van der Waals surface area contributed by atoms with Crippen LogP contribution in [0.3, 0.4) is 0 Å². The molecule has 0 saturated carbocycles. The van der Waals surface area contributed by atoms with E-state index in [1.165, 1.54) is 264 Å². The van der Waals surface area contributed by atoms with Crippen LogP contribution in [0.25, 0.3) is 0 Å². The van der Waals surface area contributed by atoms with Crippen molar-refractivity contribution < 1.29 is 4.57 Å². The maximum Gasteiger partial charge on any atom is 0.256 e. The Bertz CT molecular complexity index is 751. The molecule has 0 amide bonds. The largest absolute Gasteiger partial charge is 0.256 e. The summed E-state index contributed by atoms with van der Waals surface area (Å²) in [6.07, 6.45) is 60.8. The summed E-state index contributed by atoms with van der Waals surface area (Å²) in [6, 6.07) is 0. The van der Waals surface area contributed by atoms with E-state index in [1.54, 1.807) is 5.82 Å². The average Bonchev–Trinajstić information content (AvgIpc) is 3.50. The molecule has 1 aromatic rings. The molecular formula is C47H93N2+. The average molecular weight is 686 g/mol. The standard InChI is InChI=1S/C47H93N2/c1-4-7-10-13-16-19-22-24-25-26-29-32-35-38-41-44-49-46-45-48(43-40-37-34-31-28-23-20-17-14-11-8-5-2)47(49)42-39-36-33-30-27-21-18-15-12-9-6-3/h45-46H,4-44H2,1-3H3/q+1. The van der Waals surface area contributed by atoms with Crippen molar-refractivity contribution in [2.45, 2.75) is 284 Å². The van der Waals surface area contributed by atoms with Crippen molar-refractivity contribution >= 4 is 0 Å². The van der Waals surface area contributed by atoms with Gasteiger partial charge < -0.3 is 0 Å². The Morgan fingerprint density at radius 3 is 0.980 bits per heavy atom. The number of hydrogen-bond donors (Lipinski definition) is 0. The summed E-state index contributed by atoms with van der Waals surface area (Å²) >= 11 is 0. The van der Waals surface area contributed by atoms with E-state index in [1.807, 2.05) is 0 Å². The smallest absolute Gasteiger partial charge is 0.234 e. The van der Waals surface area contributed by atoms with E-state index in [0.717, 1.165) is 0 Å². The molecule has 0 fully saturated rings. The molecule has 290 valence electrons. The van der Waals surface area contributed by atoms with Crippen molar-refractivity contribution in [3.8, 4) is 0 Å². The highest BCUT2D eigenvalue weighted by Crippen LogP contribution is 2.16. The Morgan fingerprint density at radius 1 is 0.347 bits per heavy atom. The quantitative estimate of drug-likeness (QED) is 0.0479. The van der Waals surface area contributed by atoms with Crippen LogP contribution in [0.1, 0.15) is 271 Å². The van der Waals surface area contributed by atoms with Gasteiger partial charge in [0.15, 0.2) is 0 Å². The fraction of sp³-hybridized carbons (Fsp3) is 0.936. The van der Waals surface area contributed by atoms with Crippen LogP contribution in [-0.2, 0) is 19.5 Å². The maximum atomic E-state index is 2.65. The summed E-state index contributed by atoms with van der Waals surface area (Å²) in [5.74, 6) is 1.63. The van der Waals surface area contributed by atoms with E-state index in [4.69, 9.17) is 0 Å². The third kappa shape index (κ3) is 30.5. The summed E-state index contributed by atoms with van der Waals surface area (Å²) in [4.78, 5) is 0. The number of aromatic nitrogens is 2. The molecular weight excluding hydrogens is 593 g/mol. The SMILES string of the molecule is CCCCCCCCCCCCCCCCC[n+]1ccn(CCCCCCCCCCCCCC)c1CCCCCCCCCCCCC. The van der Waals surface area contributed by atoms with Crippen LogP contribution in [0.4, 0.5) is 0 Å². The second-order valence-corrected chi connectivity index (χ2v) is 16.2. The lowest BCUT2D eigenvalue weighted by Gasteiger charge is -2.07. The second kappa shape index (κ2) is 38.4. The normalized spacial score (nSPS) is 11.7. The predicted molar refractivity (Wildman–Crippen MR) is 221 cm³/mol. The van der Waals surface area contributed by atoms with Crippen LogP contribution in [0.5, 0.6) is 0 Å². The summed E-state index contributed by atoms with van der Waals surface area (Å²) in [6.45, 7) is 9.41. The zero-order chi connectivity index (χ0) is 35.1. The van der Waals surface area contributed by atoms with Crippen LogP contribution in [0, 0.1) is 0 Å². The second-order valence-electron chi connectivity index (χ2n) is 16.2. The van der Waals surface area contributed by atoms with Gasteiger partial charge in [-0.05, 0) is 32.1 Å². The molecule has 49 heavy (non-hydrogen) atoms. The lowest BCUT2D eigenvalue weighted by Crippen LogP contribution is -2.37. The Hall–Kier alpha value is -0.790. The molecule has 0 aliphatic carbocycles. The number of nitrogens with zero attached hydrogens (tertiary/aromatic N) is 2. The highest BCUT2D eigenvalue weighted by atomic mass is 15.1. The van der Waals surface area contributed by atoms with E-state index in [-0.39, 0.29) is 0 Å². The molecule has 2 nitrogen and oxygen atoms in total. The van der Waals surface area contributed by atoms with E-state index in [0.29, 0.717) is 0 Å². The van der Waals surface area contributed by atoms with E-state index in [2.05, 4.69) is 42.3 Å². The summed E-state index contributed by atoms with van der Waals surface area (Å²) in [7, 11) is 0. The zero-order valence-electron chi connectivity index (χ0n) is 34.5. The Balaban J connectivity index is 2.26. The molecule has 1 rings (SSSR count). The molecule has 0 saturated heterocycles. The molecule has 0 radical (unpaired) electrons. The Labute approximate surface area is 310 Å². The predicted octanol–water partition coefficient (Wildman–Crippen LogP) is 16.2. The van der Waals surface area contributed by atoms with Gasteiger partial charge in [0.1, 0.15) is 12.4 Å². The summed E-state index contributed by atoms with van der Waals surface area (Å²) < 4.78 is 5.30. The van der Waals surface area contributed by atoms with Gasteiger partial charge in [0.2, 0.25) is 0 Å². The maximum absolute atomic E-state index is 2.65. The number of rotatable bonds is 41. The molecule has 0 aliphatic heterocycles. The van der Waals surface area contributed by atoms with Gasteiger partial charge in [0, 0.05) is 6.42 Å². The van der Waals surface area contributed by atoms with Crippen molar-refractivity contribution in [3.05, 3.63) is 18.2 Å². The number of hydrogen-bond acceptors (Lipinski definition) is 0. The number of aryl methyl sites for hydroxylation is 2. The first-order chi connectivity index (χ1) is 24.3. The number of imidazole rings is 1. The number of unbranched alkanes of at least 4 members (excludes halogenated alkanes) is 35. The Morgan fingerprint density at radius 2 is 0.633 bits per heavy atom. The highest BCUT2D eigenvalue weighted by molar-refractivity contribution is 4.84. The van der Waals surface area contributed by atoms with Crippen LogP contribution in [-0.4, -0.2) is 4.57 Å². The fourth-order valence-electron chi connectivity index (χ4n) is 7.92. The monoisotopic (exact) mass is 686 g/mol. The third-order valence-electron chi connectivity index (χ3n) is 11.3. The molecule has 0 atom stereocenters. The van der Waals surface area contributed by atoms with Crippen LogP contribution < -0.4 is 4.57 Å². The molecule has 0 bridgehead atoms. The van der Waals surface area contributed by atoms with Gasteiger partial charge in [-0.2, -0.15) is 0 Å². The van der Waals surface area contributed by atoms with E-state index >= 15 is 0 Å². The van der Waals surface area contributed by atoms with E-state index < -0.39 is 0 Å². The first-order valence-corrected chi connectivity index (χ1v) is 23.4. The van der Waals surface area contributed by atoms with Crippen molar-refractivity contribution in [1.82, 2.24) is 4.57 Å². The lowest BCUT2D eigenvalue weighted by molar-refractivity contribution is -0.704. The van der Waals surface area contributed by atoms with Gasteiger partial charge in [-0.1, -0.05) is 233 Å². The van der Waals surface area contributed by atoms with Crippen LogP contribution in [0.15, 0.2) is 12.4 Å². The van der Waals surface area contributed by atoms with Crippen molar-refractivity contribution in [2.75, 3.05) is 0 Å². The zero-order valence-corrected chi connectivity index (χ0v) is 34.5. The van der Waals surface area contributed by atoms with Gasteiger partial charge in [0.05, 0.1) is 13.1 Å². The van der Waals surface area contributed by atoms with Crippen molar-refractivity contribution in [3.63, 3.8) is 0 Å². The minimum absolute atomic E-state index is 1.23. The van der Waals surface area contributed by atoms with Crippen LogP contribution >= 0.6 is 0 Å². The molecule has 1 heterocycles. The molecule has 0 N–H and O–H groups in total. The van der Waals surface area contributed by atoms with Gasteiger partial charge in [-0.3, -0.25) is 0 Å². The van der Waals surface area contributed by atoms with Crippen molar-refractivity contribution in [2.24, 2.45) is 0 Å². The molecule has 0 aliphatic rings. The minimum atomic E-state index is 1.23. The van der Waals surface area contributed by atoms with Gasteiger partial charge in [-0.15, -0.1) is 0 Å². The molecule has 0 unspecified atom stereocenters. The molecule has 0 spiro atoms. The molecule has 0 aromatic carbocycles. The molecule has 1 aromatic heterocycles. The van der Waals surface area contributed by atoms with Gasteiger partial charge >= 0.3 is 0 Å². The topological polar surface area (TPSA) is 8.81 Å². The molecule has 2 heteroatoms. The minimum Gasteiger partial charge on any atom is -0.234 e. The Kier molecular flexibility index (Phi) is 36.3. The van der Waals surface area contributed by atoms with Gasteiger partial charge in [0.25, 0.3) is 5.82 Å². The fourth-order valence-corrected chi connectivity index (χ4v) is 7.92. The van der Waals surface area contributed by atoms with E-state index in [9.17, 15) is 0 Å². The first-order valence-electron chi connectivity index (χ1n) is 23.4. The van der Waals surface area contributed by atoms with Crippen LogP contribution in [0.2, 0.25) is 0 Å². The summed E-state index contributed by atoms with van der Waals surface area (Å²) in [5.41, 5.74) is 0. The highest BCUT2D eigenvalue weighted by Gasteiger charge is 2.16. The summed E-state index contributed by atoms with van der Waals surface area (Å²) in [5, 5.41) is 0. The first kappa shape index (κ1) is 46.2. The van der Waals surface area contributed by atoms with Crippen molar-refractivity contribution in [1.29, 1.82) is 0 Å². The van der Waals surface area contributed by atoms with Gasteiger partial charge in [-0.25, -0.2) is 9.13 Å². The third-order valence-corrected chi connectivity index (χ3v) is 11.3.